The first-order valence-electron chi connectivity index (χ1n) is 21.7. The maximum Gasteiger partial charge on any atom is 0.410 e. The molecular weight excluding hydrogens is 884 g/mol. The number of methoxy groups -OCH3 is 1. The molecule has 0 aliphatic carbocycles. The highest BCUT2D eigenvalue weighted by Crippen LogP contribution is 2.34. The molecule has 1 amide bonds. The van der Waals surface area contributed by atoms with Crippen molar-refractivity contribution in [3.63, 3.8) is 0 Å². The van der Waals surface area contributed by atoms with Crippen LogP contribution in [0.4, 0.5) is 26.0 Å². The van der Waals surface area contributed by atoms with Crippen molar-refractivity contribution in [3.8, 4) is 17.6 Å². The first kappa shape index (κ1) is 50.8. The number of aryl methyl sites for hydroxylation is 2. The molecule has 3 heterocycles. The van der Waals surface area contributed by atoms with E-state index >= 15 is 4.39 Å². The van der Waals surface area contributed by atoms with Crippen LogP contribution in [0.3, 0.4) is 0 Å². The van der Waals surface area contributed by atoms with Crippen molar-refractivity contribution in [1.29, 1.82) is 0 Å². The number of benzene rings is 2. The number of thiazole rings is 2. The second kappa shape index (κ2) is 23.3. The van der Waals surface area contributed by atoms with Gasteiger partial charge in [0.2, 0.25) is 0 Å². The molecule has 0 N–H and O–H groups in total. The van der Waals surface area contributed by atoms with Crippen molar-refractivity contribution >= 4 is 69.8 Å². The van der Waals surface area contributed by atoms with Crippen molar-refractivity contribution in [2.45, 2.75) is 91.4 Å². The van der Waals surface area contributed by atoms with Crippen LogP contribution in [0.15, 0.2) is 53.5 Å². The molecule has 350 valence electrons. The molecule has 0 atom stereocenters. The van der Waals surface area contributed by atoms with E-state index in [0.29, 0.717) is 59.9 Å². The number of ether oxygens (including phenoxy) is 4. The number of anilines is 2. The van der Waals surface area contributed by atoms with E-state index in [9.17, 15) is 9.59 Å². The number of esters is 1. The summed E-state index contributed by atoms with van der Waals surface area (Å²) >= 11 is 2.97. The zero-order chi connectivity index (χ0) is 47.3. The first-order chi connectivity index (χ1) is 30.8. The molecule has 18 heteroatoms. The zero-order valence-corrected chi connectivity index (χ0v) is 42.3. The molecule has 0 aliphatic rings. The van der Waals surface area contributed by atoms with Crippen LogP contribution >= 0.6 is 22.7 Å². The Morgan fingerprint density at radius 1 is 0.969 bits per heavy atom. The lowest BCUT2D eigenvalue weighted by molar-refractivity contribution is 0.0320. The SMILES string of the molecule is COC(=O)c1nc(N(CCCCN(C)C)c2cc(C)c(N=c3sc4ccccc4n3COCC[Si](C)(C)C)nn2)sc1CCCOc1ccc(C#CCN(C)C(=O)OC(C)(C)C)cc1F. The van der Waals surface area contributed by atoms with Gasteiger partial charge < -0.3 is 33.6 Å². The Bertz CT molecular complexity index is 2540. The molecule has 0 spiro atoms. The lowest BCUT2D eigenvalue weighted by atomic mass is 10.2. The molecule has 0 radical (unpaired) electrons. The quantitative estimate of drug-likeness (QED) is 0.0320. The van der Waals surface area contributed by atoms with Gasteiger partial charge in [-0.3, -0.25) is 4.57 Å². The van der Waals surface area contributed by atoms with Crippen LogP contribution in [0.5, 0.6) is 5.75 Å². The molecule has 3 aromatic heterocycles. The van der Waals surface area contributed by atoms with Crippen LogP contribution in [0.1, 0.15) is 66.5 Å². The highest BCUT2D eigenvalue weighted by molar-refractivity contribution is 7.16. The molecule has 65 heavy (non-hydrogen) atoms. The second-order valence-corrected chi connectivity index (χ2v) is 25.8. The minimum atomic E-state index is -1.25. The standard InChI is InChI=1S/C47H63FN8O6S2Si/c1-33-30-40(51-52-42(33)50-45-56(32-60-28-29-65(9,10)11)36-19-12-13-20-38(36)63-45)55(26-15-14-24-53(5)6)44-49-41(43(57)59-8)39(64-44)21-17-27-61-37-23-22-34(31-35(37)48)18-16-25-54(7)46(58)62-47(2,3)4/h12-13,19-20,22-23,30-31H,14-15,17,21,24-29,32H2,1-11H3. The fourth-order valence-corrected chi connectivity index (χ4v) is 9.12. The summed E-state index contributed by atoms with van der Waals surface area (Å²) < 4.78 is 40.8. The lowest BCUT2D eigenvalue weighted by Gasteiger charge is -2.23. The number of rotatable bonds is 20. The average molecular weight is 947 g/mol. The molecule has 0 saturated carbocycles. The smallest absolute Gasteiger partial charge is 0.410 e. The van der Waals surface area contributed by atoms with E-state index in [0.717, 1.165) is 46.0 Å². The monoisotopic (exact) mass is 946 g/mol. The maximum absolute atomic E-state index is 15.1. The predicted molar refractivity (Wildman–Crippen MR) is 260 cm³/mol. The van der Waals surface area contributed by atoms with Gasteiger partial charge >= 0.3 is 12.1 Å². The van der Waals surface area contributed by atoms with Crippen LogP contribution < -0.4 is 14.4 Å². The van der Waals surface area contributed by atoms with Crippen molar-refractivity contribution in [3.05, 3.63) is 80.8 Å². The van der Waals surface area contributed by atoms with E-state index < -0.39 is 31.6 Å². The minimum absolute atomic E-state index is 0.0839. The minimum Gasteiger partial charge on any atom is -0.491 e. The number of hydrogen-bond donors (Lipinski definition) is 0. The highest BCUT2D eigenvalue weighted by Gasteiger charge is 2.25. The van der Waals surface area contributed by atoms with E-state index in [1.807, 2.05) is 44.1 Å². The van der Waals surface area contributed by atoms with Gasteiger partial charge in [-0.05, 0) is 122 Å². The fraction of sp³-hybridized carbons (Fsp3) is 0.489. The van der Waals surface area contributed by atoms with Crippen molar-refractivity contribution < 1.29 is 32.9 Å². The van der Waals surface area contributed by atoms with Crippen molar-refractivity contribution in [2.24, 2.45) is 4.99 Å². The van der Waals surface area contributed by atoms with Crippen molar-refractivity contribution in [2.75, 3.05) is 66.0 Å². The first-order valence-corrected chi connectivity index (χ1v) is 27.1. The molecular formula is C47H63FN8O6S2Si. The number of carbonyl (C=O) groups is 2. The van der Waals surface area contributed by atoms with E-state index in [1.165, 1.54) is 35.5 Å². The van der Waals surface area contributed by atoms with E-state index in [1.54, 1.807) is 45.2 Å². The normalized spacial score (nSPS) is 12.0. The van der Waals surface area contributed by atoms with Gasteiger partial charge in [0.25, 0.3) is 0 Å². The van der Waals surface area contributed by atoms with E-state index in [-0.39, 0.29) is 24.6 Å². The van der Waals surface area contributed by atoms with E-state index in [4.69, 9.17) is 28.9 Å². The van der Waals surface area contributed by atoms with Crippen LogP contribution in [-0.2, 0) is 27.4 Å². The molecule has 5 rings (SSSR count). The van der Waals surface area contributed by atoms with Gasteiger partial charge in [0.15, 0.2) is 38.8 Å². The summed E-state index contributed by atoms with van der Waals surface area (Å²) in [6.07, 6.45) is 2.19. The summed E-state index contributed by atoms with van der Waals surface area (Å²) in [5, 5.41) is 9.91. The molecule has 0 unspecified atom stereocenters. The Morgan fingerprint density at radius 3 is 2.42 bits per heavy atom. The molecule has 14 nitrogen and oxygen atoms in total. The summed E-state index contributed by atoms with van der Waals surface area (Å²) in [5.41, 5.74) is 1.93. The molecule has 0 bridgehead atoms. The third-order valence-corrected chi connectivity index (χ3v) is 13.7. The molecule has 0 aliphatic heterocycles. The number of amides is 1. The Hall–Kier alpha value is -5.19. The van der Waals surface area contributed by atoms with Gasteiger partial charge in [-0.1, -0.05) is 55.0 Å². The number of halogens is 1. The molecule has 0 fully saturated rings. The van der Waals surface area contributed by atoms with Gasteiger partial charge in [-0.15, -0.1) is 21.5 Å². The number of aromatic nitrogens is 4. The summed E-state index contributed by atoms with van der Waals surface area (Å²) in [6, 6.07) is 15.7. The predicted octanol–water partition coefficient (Wildman–Crippen LogP) is 9.44. The fourth-order valence-electron chi connectivity index (χ4n) is 6.22. The number of carbonyl (C=O) groups excluding carboxylic acids is 2. The maximum atomic E-state index is 15.1. The lowest BCUT2D eigenvalue weighted by Crippen LogP contribution is -2.34. The Kier molecular flexibility index (Phi) is 18.2. The summed E-state index contributed by atoms with van der Waals surface area (Å²) in [7, 11) is 5.77. The number of fused-ring (bicyclic) bond motifs is 1. The van der Waals surface area contributed by atoms with Crippen LogP contribution in [0, 0.1) is 24.6 Å². The van der Waals surface area contributed by atoms with Crippen LogP contribution in [-0.4, -0.2) is 116 Å². The number of nitrogens with zero attached hydrogens (tertiary/aromatic N) is 8. The topological polar surface area (TPSA) is 137 Å². The Morgan fingerprint density at radius 2 is 1.72 bits per heavy atom. The van der Waals surface area contributed by atoms with Crippen molar-refractivity contribution in [1.82, 2.24) is 29.5 Å². The molecule has 0 saturated heterocycles. The highest BCUT2D eigenvalue weighted by atomic mass is 32.1. The number of hydrogen-bond acceptors (Lipinski definition) is 14. The Balaban J connectivity index is 1.32. The summed E-state index contributed by atoms with van der Waals surface area (Å²) in [6.45, 7) is 17.2. The summed E-state index contributed by atoms with van der Waals surface area (Å²) in [4.78, 5) is 42.1. The summed E-state index contributed by atoms with van der Waals surface area (Å²) in [5.74, 6) is 5.83. The zero-order valence-electron chi connectivity index (χ0n) is 39.6. The third-order valence-electron chi connectivity index (χ3n) is 9.75. The van der Waals surface area contributed by atoms with Crippen LogP contribution in [0.2, 0.25) is 25.7 Å². The molecule has 5 aromatic rings. The van der Waals surface area contributed by atoms with Gasteiger partial charge in [-0.2, -0.15) is 4.99 Å². The van der Waals surface area contributed by atoms with Gasteiger partial charge in [0.05, 0.1) is 30.5 Å². The Labute approximate surface area is 391 Å². The largest absolute Gasteiger partial charge is 0.491 e. The number of unbranched alkanes of at least 4 members (excludes halogenated alkanes) is 1. The van der Waals surface area contributed by atoms with Gasteiger partial charge in [0.1, 0.15) is 12.3 Å². The second-order valence-electron chi connectivity index (χ2n) is 18.1. The third kappa shape index (κ3) is 15.5. The van der Waals surface area contributed by atoms with Gasteiger partial charge in [0, 0.05) is 38.7 Å². The van der Waals surface area contributed by atoms with E-state index in [2.05, 4.69) is 63.3 Å². The molecule has 2 aromatic carbocycles. The average Bonchev–Trinajstić information content (AvgIpc) is 3.82. The van der Waals surface area contributed by atoms with Gasteiger partial charge in [-0.25, -0.2) is 19.0 Å². The number of para-hydroxylation sites is 1. The van der Waals surface area contributed by atoms with Crippen LogP contribution in [0.25, 0.3) is 10.2 Å².